The second-order valence-electron chi connectivity index (χ2n) is 8.19. The number of halogens is 3. The van der Waals surface area contributed by atoms with Crippen LogP contribution in [0.5, 0.6) is 0 Å². The molecule has 39 heavy (non-hydrogen) atoms. The van der Waals surface area contributed by atoms with Gasteiger partial charge in [0.1, 0.15) is 11.6 Å². The highest BCUT2D eigenvalue weighted by atomic mass is 35.5. The van der Waals surface area contributed by atoms with Gasteiger partial charge in [-0.25, -0.2) is 25.6 Å². The first-order valence-corrected chi connectivity index (χ1v) is 14.5. The van der Waals surface area contributed by atoms with Gasteiger partial charge >= 0.3 is 0 Å². The Hall–Kier alpha value is -4.00. The fraction of sp³-hybridized carbons (Fsp3) is 0.0385. The molecule has 0 unspecified atom stereocenters. The zero-order chi connectivity index (χ0) is 28.2. The molecule has 0 heterocycles. The summed E-state index contributed by atoms with van der Waals surface area (Å²) >= 11 is 6.13. The lowest BCUT2D eigenvalue weighted by Gasteiger charge is -2.14. The van der Waals surface area contributed by atoms with E-state index in [4.69, 9.17) is 11.6 Å². The molecular weight excluding hydrogens is 572 g/mol. The summed E-state index contributed by atoms with van der Waals surface area (Å²) in [4.78, 5) is 12.5. The van der Waals surface area contributed by atoms with Gasteiger partial charge in [-0.05, 0) is 78.4 Å². The lowest BCUT2D eigenvalue weighted by molar-refractivity contribution is 0.0951. The molecule has 0 aromatic heterocycles. The van der Waals surface area contributed by atoms with Crippen LogP contribution < -0.4 is 14.8 Å². The molecule has 0 atom stereocenters. The number of carbonyl (C=O) groups excluding carboxylic acids is 1. The predicted molar refractivity (Wildman–Crippen MR) is 143 cm³/mol. The lowest BCUT2D eigenvalue weighted by Crippen LogP contribution is -2.24. The Kier molecular flexibility index (Phi) is 8.19. The van der Waals surface area contributed by atoms with Gasteiger partial charge in [0.05, 0.1) is 21.2 Å². The summed E-state index contributed by atoms with van der Waals surface area (Å²) < 4.78 is 82.6. The van der Waals surface area contributed by atoms with Gasteiger partial charge in [0.25, 0.3) is 26.0 Å². The first-order valence-electron chi connectivity index (χ1n) is 11.2. The van der Waals surface area contributed by atoms with E-state index in [0.29, 0.717) is 10.6 Å². The molecule has 0 spiro atoms. The van der Waals surface area contributed by atoms with Crippen LogP contribution in [0.15, 0.2) is 101 Å². The van der Waals surface area contributed by atoms with Gasteiger partial charge in [0.15, 0.2) is 0 Å². The number of carbonyl (C=O) groups is 1. The van der Waals surface area contributed by atoms with E-state index in [1.54, 1.807) is 24.3 Å². The van der Waals surface area contributed by atoms with E-state index < -0.39 is 37.6 Å². The van der Waals surface area contributed by atoms with Crippen molar-refractivity contribution in [3.05, 3.63) is 119 Å². The Balaban J connectivity index is 1.67. The van der Waals surface area contributed by atoms with Crippen LogP contribution in [0.1, 0.15) is 15.9 Å². The van der Waals surface area contributed by atoms with Crippen molar-refractivity contribution in [3.63, 3.8) is 0 Å². The molecule has 0 aliphatic carbocycles. The Morgan fingerprint density at radius 2 is 1.15 bits per heavy atom. The summed E-state index contributed by atoms with van der Waals surface area (Å²) in [6, 6.07) is 18.5. The quantitative estimate of drug-likeness (QED) is 0.249. The monoisotopic (exact) mass is 591 g/mol. The van der Waals surface area contributed by atoms with E-state index >= 15 is 0 Å². The van der Waals surface area contributed by atoms with Crippen LogP contribution in [0.3, 0.4) is 0 Å². The molecule has 0 radical (unpaired) electrons. The highest BCUT2D eigenvalue weighted by molar-refractivity contribution is 7.93. The van der Waals surface area contributed by atoms with E-state index in [1.165, 1.54) is 12.1 Å². The third kappa shape index (κ3) is 7.11. The molecule has 3 N–H and O–H groups in total. The summed E-state index contributed by atoms with van der Waals surface area (Å²) in [6.45, 7) is 0.0423. The third-order valence-corrected chi connectivity index (χ3v) is 8.51. The van der Waals surface area contributed by atoms with Crippen LogP contribution in [0.2, 0.25) is 5.02 Å². The van der Waals surface area contributed by atoms with E-state index in [0.717, 1.165) is 54.6 Å². The van der Waals surface area contributed by atoms with Gasteiger partial charge in [0, 0.05) is 17.1 Å². The van der Waals surface area contributed by atoms with Gasteiger partial charge < -0.3 is 5.32 Å². The number of sulfonamides is 2. The van der Waals surface area contributed by atoms with Crippen LogP contribution in [0, 0.1) is 11.6 Å². The fourth-order valence-electron chi connectivity index (χ4n) is 3.45. The minimum atomic E-state index is -4.24. The van der Waals surface area contributed by atoms with Crippen molar-refractivity contribution < 1.29 is 30.4 Å². The van der Waals surface area contributed by atoms with Crippen molar-refractivity contribution in [1.29, 1.82) is 0 Å². The topological polar surface area (TPSA) is 121 Å². The largest absolute Gasteiger partial charge is 0.348 e. The van der Waals surface area contributed by atoms with Gasteiger partial charge in [-0.3, -0.25) is 14.2 Å². The Bertz CT molecular complexity index is 1640. The van der Waals surface area contributed by atoms with Crippen molar-refractivity contribution >= 4 is 48.9 Å². The summed E-state index contributed by atoms with van der Waals surface area (Å²) in [5.74, 6) is -1.92. The van der Waals surface area contributed by atoms with Gasteiger partial charge in [-0.15, -0.1) is 0 Å². The standard InChI is InChI=1S/C26H20ClF2N3O5S2/c27-25-4-2-1-3-17(25)16-30-26(33)18-13-21(31-38(34,35)23-9-5-19(28)6-10-23)15-22(14-18)32-39(36,37)24-11-7-20(29)8-12-24/h1-15,31-32H,16H2,(H,30,33). The smallest absolute Gasteiger partial charge is 0.261 e. The first-order chi connectivity index (χ1) is 18.4. The second kappa shape index (κ2) is 11.4. The highest BCUT2D eigenvalue weighted by Gasteiger charge is 2.20. The number of amides is 1. The molecule has 8 nitrogen and oxygen atoms in total. The van der Waals surface area contributed by atoms with E-state index in [-0.39, 0.29) is 33.3 Å². The van der Waals surface area contributed by atoms with Gasteiger partial charge in [-0.2, -0.15) is 0 Å². The number of rotatable bonds is 9. The zero-order valence-electron chi connectivity index (χ0n) is 19.9. The molecule has 0 saturated heterocycles. The molecule has 13 heteroatoms. The molecule has 202 valence electrons. The minimum Gasteiger partial charge on any atom is -0.348 e. The van der Waals surface area contributed by atoms with Gasteiger partial charge in [-0.1, -0.05) is 29.8 Å². The number of hydrogen-bond donors (Lipinski definition) is 3. The van der Waals surface area contributed by atoms with Crippen molar-refractivity contribution in [2.45, 2.75) is 16.3 Å². The number of hydrogen-bond acceptors (Lipinski definition) is 5. The van der Waals surface area contributed by atoms with Crippen LogP contribution in [-0.4, -0.2) is 22.7 Å². The molecule has 0 aliphatic heterocycles. The average molecular weight is 592 g/mol. The molecule has 4 aromatic rings. The predicted octanol–water partition coefficient (Wildman–Crippen LogP) is 5.15. The first kappa shape index (κ1) is 28.0. The maximum absolute atomic E-state index is 13.3. The van der Waals surface area contributed by atoms with Crippen LogP contribution in [-0.2, 0) is 26.6 Å². The van der Waals surface area contributed by atoms with E-state index in [9.17, 15) is 30.4 Å². The molecule has 0 aliphatic rings. The maximum Gasteiger partial charge on any atom is 0.261 e. The number of anilines is 2. The molecular formula is C26H20ClF2N3O5S2. The second-order valence-corrected chi connectivity index (χ2v) is 12.0. The average Bonchev–Trinajstić information content (AvgIpc) is 2.88. The third-order valence-electron chi connectivity index (χ3n) is 5.34. The highest BCUT2D eigenvalue weighted by Crippen LogP contribution is 2.25. The van der Waals surface area contributed by atoms with Crippen molar-refractivity contribution in [3.8, 4) is 0 Å². The Morgan fingerprint density at radius 1 is 0.692 bits per heavy atom. The van der Waals surface area contributed by atoms with Crippen LogP contribution >= 0.6 is 11.6 Å². The van der Waals surface area contributed by atoms with Gasteiger partial charge in [0.2, 0.25) is 0 Å². The lowest BCUT2D eigenvalue weighted by atomic mass is 10.1. The SMILES string of the molecule is O=C(NCc1ccccc1Cl)c1cc(NS(=O)(=O)c2ccc(F)cc2)cc(NS(=O)(=O)c2ccc(F)cc2)c1. The van der Waals surface area contributed by atoms with Crippen molar-refractivity contribution in [1.82, 2.24) is 5.32 Å². The Labute approximate surface area is 228 Å². The molecule has 4 aromatic carbocycles. The maximum atomic E-state index is 13.3. The fourth-order valence-corrected chi connectivity index (χ4v) is 5.73. The normalized spacial score (nSPS) is 11.6. The minimum absolute atomic E-state index is 0.0423. The molecule has 0 bridgehead atoms. The van der Waals surface area contributed by atoms with Crippen molar-refractivity contribution in [2.75, 3.05) is 9.44 Å². The summed E-state index contributed by atoms with van der Waals surface area (Å²) in [5, 5.41) is 3.07. The van der Waals surface area contributed by atoms with Crippen LogP contribution in [0.4, 0.5) is 20.2 Å². The molecule has 4 rings (SSSR count). The zero-order valence-corrected chi connectivity index (χ0v) is 22.2. The number of benzene rings is 4. The van der Waals surface area contributed by atoms with Crippen LogP contribution in [0.25, 0.3) is 0 Å². The molecule has 0 saturated carbocycles. The molecule has 0 fully saturated rings. The summed E-state index contributed by atoms with van der Waals surface area (Å²) in [7, 11) is -8.47. The number of nitrogens with one attached hydrogen (secondary N) is 3. The van der Waals surface area contributed by atoms with E-state index in [1.807, 2.05) is 0 Å². The van der Waals surface area contributed by atoms with E-state index in [2.05, 4.69) is 14.8 Å². The van der Waals surface area contributed by atoms with Crippen molar-refractivity contribution in [2.24, 2.45) is 0 Å². The Morgan fingerprint density at radius 3 is 1.62 bits per heavy atom. The summed E-state index contributed by atoms with van der Waals surface area (Å²) in [6.07, 6.45) is 0. The molecule has 1 amide bonds. The summed E-state index contributed by atoms with van der Waals surface area (Å²) in [5.41, 5.74) is 0.235.